The van der Waals surface area contributed by atoms with Gasteiger partial charge in [-0.05, 0) is 23.4 Å². The Labute approximate surface area is 178 Å². The lowest BCUT2D eigenvalue weighted by Crippen LogP contribution is -2.01. The van der Waals surface area contributed by atoms with E-state index in [0.717, 1.165) is 38.9 Å². The molecule has 2 heterocycles. The molecular formula is C24H19N5S. The number of fused-ring (bicyclic) bond motifs is 1. The van der Waals surface area contributed by atoms with Gasteiger partial charge in [-0.3, -0.25) is 0 Å². The van der Waals surface area contributed by atoms with Crippen LogP contribution < -0.4 is 0 Å². The fraction of sp³-hybridized carbons (Fsp3) is 0.0833. The average molecular weight is 410 g/mol. The Kier molecular flexibility index (Phi) is 4.99. The van der Waals surface area contributed by atoms with Gasteiger partial charge >= 0.3 is 0 Å². The zero-order chi connectivity index (χ0) is 20.3. The van der Waals surface area contributed by atoms with Gasteiger partial charge in [-0.2, -0.15) is 0 Å². The van der Waals surface area contributed by atoms with Gasteiger partial charge in [-0.15, -0.1) is 10.2 Å². The first-order valence-corrected chi connectivity index (χ1v) is 10.5. The molecule has 0 saturated heterocycles. The van der Waals surface area contributed by atoms with Crippen LogP contribution in [0.4, 0.5) is 0 Å². The van der Waals surface area contributed by atoms with Gasteiger partial charge in [0, 0.05) is 24.4 Å². The van der Waals surface area contributed by atoms with Crippen molar-refractivity contribution in [1.29, 1.82) is 0 Å². The minimum Gasteiger partial charge on any atom is -0.309 e. The second kappa shape index (κ2) is 8.08. The van der Waals surface area contributed by atoms with E-state index < -0.39 is 0 Å². The quantitative estimate of drug-likeness (QED) is 0.375. The predicted octanol–water partition coefficient (Wildman–Crippen LogP) is 5.17. The molecule has 30 heavy (non-hydrogen) atoms. The minimum absolute atomic E-state index is 0.712. The molecule has 0 amide bonds. The lowest BCUT2D eigenvalue weighted by atomic mass is 10.1. The zero-order valence-corrected chi connectivity index (χ0v) is 17.3. The van der Waals surface area contributed by atoms with Gasteiger partial charge in [0.15, 0.2) is 11.0 Å². The number of hydrogen-bond acceptors (Lipinski definition) is 5. The van der Waals surface area contributed by atoms with E-state index in [1.165, 1.54) is 17.3 Å². The molecule has 0 aliphatic rings. The number of benzene rings is 3. The van der Waals surface area contributed by atoms with Crippen molar-refractivity contribution >= 4 is 22.7 Å². The highest BCUT2D eigenvalue weighted by Gasteiger charge is 2.15. The van der Waals surface area contributed by atoms with E-state index in [9.17, 15) is 0 Å². The second-order valence-electron chi connectivity index (χ2n) is 6.96. The lowest BCUT2D eigenvalue weighted by molar-refractivity contribution is 0.748. The van der Waals surface area contributed by atoms with Gasteiger partial charge in [0.05, 0.1) is 5.52 Å². The normalized spacial score (nSPS) is 11.1. The Morgan fingerprint density at radius 1 is 0.767 bits per heavy atom. The van der Waals surface area contributed by atoms with Crippen molar-refractivity contribution in [2.45, 2.75) is 16.6 Å². The van der Waals surface area contributed by atoms with Crippen molar-refractivity contribution in [3.8, 4) is 11.4 Å². The van der Waals surface area contributed by atoms with Gasteiger partial charge in [0.25, 0.3) is 0 Å². The first kappa shape index (κ1) is 18.5. The minimum atomic E-state index is 0.712. The summed E-state index contributed by atoms with van der Waals surface area (Å²) >= 11 is 1.52. The summed E-state index contributed by atoms with van der Waals surface area (Å²) in [5, 5.41) is 11.5. The number of hydrogen-bond donors (Lipinski definition) is 0. The zero-order valence-electron chi connectivity index (χ0n) is 16.4. The molecule has 0 aliphatic heterocycles. The summed E-state index contributed by atoms with van der Waals surface area (Å²) in [6, 6.07) is 28.4. The van der Waals surface area contributed by atoms with Crippen molar-refractivity contribution in [2.24, 2.45) is 7.05 Å². The van der Waals surface area contributed by atoms with Crippen LogP contribution in [0.25, 0.3) is 22.3 Å². The van der Waals surface area contributed by atoms with E-state index in [0.29, 0.717) is 5.82 Å². The van der Waals surface area contributed by atoms with Gasteiger partial charge < -0.3 is 4.57 Å². The maximum absolute atomic E-state index is 4.87. The molecule has 0 atom stereocenters. The van der Waals surface area contributed by atoms with Crippen LogP contribution in [0.2, 0.25) is 0 Å². The highest BCUT2D eigenvalue weighted by Crippen LogP contribution is 2.32. The van der Waals surface area contributed by atoms with Crippen molar-refractivity contribution in [3.05, 3.63) is 96.3 Å². The fourth-order valence-corrected chi connectivity index (χ4v) is 4.21. The Hall–Kier alpha value is -3.51. The molecule has 0 spiro atoms. The van der Waals surface area contributed by atoms with Crippen molar-refractivity contribution in [2.75, 3.05) is 0 Å². The third kappa shape index (κ3) is 3.69. The van der Waals surface area contributed by atoms with Crippen LogP contribution in [0.15, 0.2) is 95.1 Å². The third-order valence-corrected chi connectivity index (χ3v) is 5.96. The maximum Gasteiger partial charge on any atom is 0.197 e. The summed E-state index contributed by atoms with van der Waals surface area (Å²) in [6.07, 6.45) is 0.741. The largest absolute Gasteiger partial charge is 0.309 e. The van der Waals surface area contributed by atoms with Crippen molar-refractivity contribution in [3.63, 3.8) is 0 Å². The Balaban J connectivity index is 1.52. The van der Waals surface area contributed by atoms with Crippen molar-refractivity contribution in [1.82, 2.24) is 24.7 Å². The van der Waals surface area contributed by atoms with Crippen LogP contribution >= 0.6 is 11.8 Å². The summed E-state index contributed by atoms with van der Waals surface area (Å²) in [5.74, 6) is 1.63. The highest BCUT2D eigenvalue weighted by atomic mass is 32.2. The summed E-state index contributed by atoms with van der Waals surface area (Å²) < 4.78 is 2.04. The summed E-state index contributed by atoms with van der Waals surface area (Å²) in [7, 11) is 2.00. The molecule has 5 nitrogen and oxygen atoms in total. The van der Waals surface area contributed by atoms with E-state index in [1.54, 1.807) is 0 Å². The molecule has 5 aromatic rings. The van der Waals surface area contributed by atoms with Crippen LogP contribution in [0.3, 0.4) is 0 Å². The molecule has 0 unspecified atom stereocenters. The van der Waals surface area contributed by atoms with Crippen LogP contribution in [0.1, 0.15) is 11.4 Å². The van der Waals surface area contributed by atoms with Crippen LogP contribution in [0.5, 0.6) is 0 Å². The van der Waals surface area contributed by atoms with Crippen LogP contribution in [-0.4, -0.2) is 24.7 Å². The van der Waals surface area contributed by atoms with Gasteiger partial charge in [-0.1, -0.05) is 78.9 Å². The first-order valence-electron chi connectivity index (χ1n) is 9.70. The smallest absolute Gasteiger partial charge is 0.197 e. The second-order valence-corrected chi connectivity index (χ2v) is 7.91. The topological polar surface area (TPSA) is 56.5 Å². The molecule has 0 saturated carbocycles. The van der Waals surface area contributed by atoms with Crippen LogP contribution in [0, 0.1) is 0 Å². The summed E-state index contributed by atoms with van der Waals surface area (Å²) in [5.41, 5.74) is 3.12. The Bertz CT molecular complexity index is 1300. The summed E-state index contributed by atoms with van der Waals surface area (Å²) in [6.45, 7) is 0. The molecule has 146 valence electrons. The van der Waals surface area contributed by atoms with E-state index in [2.05, 4.69) is 22.3 Å². The van der Waals surface area contributed by atoms with Gasteiger partial charge in [0.2, 0.25) is 0 Å². The number of rotatable bonds is 5. The van der Waals surface area contributed by atoms with Gasteiger partial charge in [-0.25, -0.2) is 9.97 Å². The molecule has 0 aliphatic carbocycles. The molecule has 0 fully saturated rings. The van der Waals surface area contributed by atoms with Crippen LogP contribution in [-0.2, 0) is 13.5 Å². The molecule has 3 aromatic carbocycles. The molecular weight excluding hydrogens is 390 g/mol. The fourth-order valence-electron chi connectivity index (χ4n) is 3.29. The monoisotopic (exact) mass is 409 g/mol. The lowest BCUT2D eigenvalue weighted by Gasteiger charge is -2.09. The first-order chi connectivity index (χ1) is 14.8. The highest BCUT2D eigenvalue weighted by molar-refractivity contribution is 7.99. The molecule has 0 N–H and O–H groups in total. The van der Waals surface area contributed by atoms with Gasteiger partial charge in [0.1, 0.15) is 10.9 Å². The molecule has 0 bridgehead atoms. The summed E-state index contributed by atoms with van der Waals surface area (Å²) in [4.78, 5) is 9.64. The number of aromatic nitrogens is 5. The number of nitrogens with zero attached hydrogens (tertiary/aromatic N) is 5. The Morgan fingerprint density at radius 3 is 2.27 bits per heavy atom. The third-order valence-electron chi connectivity index (χ3n) is 4.92. The standard InChI is InChI=1S/C24H19N5S/c1-29-21(16-17-10-4-2-5-11-17)27-28-24(29)30-23-19-14-8-9-15-20(19)25-22(26-23)18-12-6-3-7-13-18/h2-15H,16H2,1H3. The molecule has 0 radical (unpaired) electrons. The average Bonchev–Trinajstić information content (AvgIpc) is 3.14. The van der Waals surface area contributed by atoms with Crippen molar-refractivity contribution < 1.29 is 0 Å². The number of para-hydroxylation sites is 1. The Morgan fingerprint density at radius 2 is 1.47 bits per heavy atom. The van der Waals surface area contributed by atoms with E-state index in [4.69, 9.17) is 9.97 Å². The van der Waals surface area contributed by atoms with E-state index >= 15 is 0 Å². The molecule has 2 aromatic heterocycles. The maximum atomic E-state index is 4.87. The molecule has 6 heteroatoms. The predicted molar refractivity (Wildman–Crippen MR) is 119 cm³/mol. The molecule has 5 rings (SSSR count). The van der Waals surface area contributed by atoms with E-state index in [-0.39, 0.29) is 0 Å². The van der Waals surface area contributed by atoms with E-state index in [1.807, 2.05) is 84.4 Å². The SMILES string of the molecule is Cn1c(Cc2ccccc2)nnc1Sc1nc(-c2ccccc2)nc2ccccc12.